The molecule has 1 saturated carbocycles. The highest BCUT2D eigenvalue weighted by Crippen LogP contribution is 2.20. The van der Waals surface area contributed by atoms with Crippen LogP contribution in [0.4, 0.5) is 5.95 Å². The minimum Gasteiger partial charge on any atom is -0.353 e. The van der Waals surface area contributed by atoms with Gasteiger partial charge in [0.05, 0.1) is 5.69 Å². The third-order valence-corrected chi connectivity index (χ3v) is 4.39. The fourth-order valence-electron chi connectivity index (χ4n) is 3.13. The van der Waals surface area contributed by atoms with Crippen molar-refractivity contribution >= 4 is 5.95 Å². The SMILES string of the molecule is Cc1nc(NC2CCCCC2)[nH]c(=O)c1Cc1ccccc1. The zero-order valence-electron chi connectivity index (χ0n) is 13.1. The van der Waals surface area contributed by atoms with Crippen molar-refractivity contribution < 1.29 is 0 Å². The number of benzene rings is 1. The van der Waals surface area contributed by atoms with Crippen LogP contribution in [0.15, 0.2) is 35.1 Å². The fourth-order valence-corrected chi connectivity index (χ4v) is 3.13. The van der Waals surface area contributed by atoms with E-state index in [2.05, 4.69) is 15.3 Å². The van der Waals surface area contributed by atoms with Crippen LogP contribution >= 0.6 is 0 Å². The second kappa shape index (κ2) is 6.77. The molecule has 0 amide bonds. The minimum absolute atomic E-state index is 0.0327. The smallest absolute Gasteiger partial charge is 0.256 e. The van der Waals surface area contributed by atoms with Crippen LogP contribution in [0.25, 0.3) is 0 Å². The third kappa shape index (κ3) is 3.56. The second-order valence-electron chi connectivity index (χ2n) is 6.12. The van der Waals surface area contributed by atoms with Crippen molar-refractivity contribution in [2.45, 2.75) is 51.5 Å². The lowest BCUT2D eigenvalue weighted by Crippen LogP contribution is -2.26. The molecule has 0 unspecified atom stereocenters. The van der Waals surface area contributed by atoms with Gasteiger partial charge in [0.2, 0.25) is 5.95 Å². The van der Waals surface area contributed by atoms with E-state index in [9.17, 15) is 4.79 Å². The normalized spacial score (nSPS) is 15.7. The van der Waals surface area contributed by atoms with Crippen molar-refractivity contribution in [1.82, 2.24) is 9.97 Å². The first-order chi connectivity index (χ1) is 10.7. The molecule has 3 rings (SSSR count). The first kappa shape index (κ1) is 14.8. The van der Waals surface area contributed by atoms with E-state index in [4.69, 9.17) is 0 Å². The summed E-state index contributed by atoms with van der Waals surface area (Å²) in [6.45, 7) is 1.92. The van der Waals surface area contributed by atoms with Crippen LogP contribution in [0, 0.1) is 6.92 Å². The Labute approximate surface area is 131 Å². The molecule has 22 heavy (non-hydrogen) atoms. The lowest BCUT2D eigenvalue weighted by atomic mass is 9.96. The summed E-state index contributed by atoms with van der Waals surface area (Å²) in [6.07, 6.45) is 6.78. The number of H-pyrrole nitrogens is 1. The van der Waals surface area contributed by atoms with Gasteiger partial charge in [-0.15, -0.1) is 0 Å². The Balaban J connectivity index is 1.77. The topological polar surface area (TPSA) is 57.8 Å². The van der Waals surface area contributed by atoms with Crippen molar-refractivity contribution in [3.05, 3.63) is 57.5 Å². The van der Waals surface area contributed by atoms with E-state index in [1.807, 2.05) is 37.3 Å². The number of nitrogens with zero attached hydrogens (tertiary/aromatic N) is 1. The zero-order valence-corrected chi connectivity index (χ0v) is 13.1. The summed E-state index contributed by atoms with van der Waals surface area (Å²) in [5.41, 5.74) is 2.66. The highest BCUT2D eigenvalue weighted by atomic mass is 16.1. The number of hydrogen-bond acceptors (Lipinski definition) is 3. The Morgan fingerprint density at radius 1 is 1.18 bits per heavy atom. The summed E-state index contributed by atoms with van der Waals surface area (Å²) in [4.78, 5) is 19.8. The molecule has 4 nitrogen and oxygen atoms in total. The van der Waals surface area contributed by atoms with Gasteiger partial charge in [-0.3, -0.25) is 9.78 Å². The molecule has 0 bridgehead atoms. The zero-order chi connectivity index (χ0) is 15.4. The van der Waals surface area contributed by atoms with Crippen LogP contribution < -0.4 is 10.9 Å². The van der Waals surface area contributed by atoms with Crippen LogP contribution in [0.2, 0.25) is 0 Å². The standard InChI is InChI=1S/C18H23N3O/c1-13-16(12-14-8-4-2-5-9-14)17(22)21-18(19-13)20-15-10-6-3-7-11-15/h2,4-5,8-9,15H,3,6-7,10-12H2,1H3,(H2,19,20,21,22). The van der Waals surface area contributed by atoms with Gasteiger partial charge in [-0.2, -0.15) is 0 Å². The Kier molecular flexibility index (Phi) is 4.56. The van der Waals surface area contributed by atoms with E-state index < -0.39 is 0 Å². The molecule has 4 heteroatoms. The molecule has 116 valence electrons. The van der Waals surface area contributed by atoms with Gasteiger partial charge in [-0.25, -0.2) is 4.98 Å². The molecular weight excluding hydrogens is 274 g/mol. The van der Waals surface area contributed by atoms with Gasteiger partial charge in [0.1, 0.15) is 0 Å². The van der Waals surface area contributed by atoms with E-state index in [-0.39, 0.29) is 5.56 Å². The van der Waals surface area contributed by atoms with Gasteiger partial charge >= 0.3 is 0 Å². The molecule has 1 aliphatic carbocycles. The van der Waals surface area contributed by atoms with Crippen molar-refractivity contribution in [2.75, 3.05) is 5.32 Å². The van der Waals surface area contributed by atoms with Gasteiger partial charge in [-0.1, -0.05) is 49.6 Å². The Bertz CT molecular complexity index is 672. The van der Waals surface area contributed by atoms with Gasteiger partial charge < -0.3 is 5.32 Å². The van der Waals surface area contributed by atoms with Crippen LogP contribution in [0.1, 0.15) is 48.9 Å². The Morgan fingerprint density at radius 3 is 2.59 bits per heavy atom. The molecule has 0 atom stereocenters. The minimum atomic E-state index is -0.0327. The lowest BCUT2D eigenvalue weighted by Gasteiger charge is -2.23. The van der Waals surface area contributed by atoms with Crippen LogP contribution in [-0.4, -0.2) is 16.0 Å². The highest BCUT2D eigenvalue weighted by Gasteiger charge is 2.15. The van der Waals surface area contributed by atoms with Gasteiger partial charge in [0.25, 0.3) is 5.56 Å². The lowest BCUT2D eigenvalue weighted by molar-refractivity contribution is 0.460. The largest absolute Gasteiger partial charge is 0.353 e. The number of anilines is 1. The maximum absolute atomic E-state index is 12.4. The number of aryl methyl sites for hydroxylation is 1. The highest BCUT2D eigenvalue weighted by molar-refractivity contribution is 5.33. The van der Waals surface area contributed by atoms with Gasteiger partial charge in [0, 0.05) is 18.0 Å². The van der Waals surface area contributed by atoms with Gasteiger partial charge in [0.15, 0.2) is 0 Å². The molecule has 1 fully saturated rings. The van der Waals surface area contributed by atoms with E-state index in [0.29, 0.717) is 18.4 Å². The molecule has 2 N–H and O–H groups in total. The molecule has 1 aromatic heterocycles. The van der Waals surface area contributed by atoms with Crippen LogP contribution in [-0.2, 0) is 6.42 Å². The van der Waals surface area contributed by atoms with Crippen molar-refractivity contribution in [3.8, 4) is 0 Å². The maximum atomic E-state index is 12.4. The molecule has 1 heterocycles. The van der Waals surface area contributed by atoms with E-state index >= 15 is 0 Å². The molecule has 1 aromatic carbocycles. The number of nitrogens with one attached hydrogen (secondary N) is 2. The van der Waals surface area contributed by atoms with Gasteiger partial charge in [-0.05, 0) is 25.3 Å². The third-order valence-electron chi connectivity index (χ3n) is 4.39. The average molecular weight is 297 g/mol. The van der Waals surface area contributed by atoms with Crippen LogP contribution in [0.3, 0.4) is 0 Å². The molecule has 0 spiro atoms. The molecule has 0 aliphatic heterocycles. The van der Waals surface area contributed by atoms with E-state index in [0.717, 1.165) is 29.7 Å². The first-order valence-corrected chi connectivity index (χ1v) is 8.12. The average Bonchev–Trinajstić information content (AvgIpc) is 2.53. The summed E-state index contributed by atoms with van der Waals surface area (Å²) in [5.74, 6) is 0.617. The molecular formula is C18H23N3O. The summed E-state index contributed by atoms with van der Waals surface area (Å²) < 4.78 is 0. The molecule has 0 saturated heterocycles. The van der Waals surface area contributed by atoms with Crippen molar-refractivity contribution in [3.63, 3.8) is 0 Å². The quantitative estimate of drug-likeness (QED) is 0.909. The van der Waals surface area contributed by atoms with E-state index in [1.165, 1.54) is 19.3 Å². The van der Waals surface area contributed by atoms with Crippen LogP contribution in [0.5, 0.6) is 0 Å². The predicted octanol–water partition coefficient (Wildman–Crippen LogP) is 3.41. The molecule has 0 radical (unpaired) electrons. The number of hydrogen-bond donors (Lipinski definition) is 2. The number of aromatic amines is 1. The summed E-state index contributed by atoms with van der Waals surface area (Å²) in [5, 5.41) is 3.39. The number of rotatable bonds is 4. The molecule has 1 aliphatic rings. The second-order valence-corrected chi connectivity index (χ2v) is 6.12. The maximum Gasteiger partial charge on any atom is 0.256 e. The van der Waals surface area contributed by atoms with Crippen molar-refractivity contribution in [2.24, 2.45) is 0 Å². The summed E-state index contributed by atoms with van der Waals surface area (Å²) in [6, 6.07) is 10.5. The Morgan fingerprint density at radius 2 is 1.91 bits per heavy atom. The van der Waals surface area contributed by atoms with E-state index in [1.54, 1.807) is 0 Å². The predicted molar refractivity (Wildman–Crippen MR) is 89.3 cm³/mol. The monoisotopic (exact) mass is 297 g/mol. The first-order valence-electron chi connectivity index (χ1n) is 8.12. The summed E-state index contributed by atoms with van der Waals surface area (Å²) in [7, 11) is 0. The molecule has 2 aromatic rings. The van der Waals surface area contributed by atoms with Crippen molar-refractivity contribution in [1.29, 1.82) is 0 Å². The summed E-state index contributed by atoms with van der Waals surface area (Å²) >= 11 is 0. The fraction of sp³-hybridized carbons (Fsp3) is 0.444. The Hall–Kier alpha value is -2.10. The number of aromatic nitrogens is 2.